The fourth-order valence-electron chi connectivity index (χ4n) is 2.26. The lowest BCUT2D eigenvalue weighted by molar-refractivity contribution is 0.103. The van der Waals surface area contributed by atoms with Gasteiger partial charge in [0.1, 0.15) is 0 Å². The number of benzene rings is 2. The van der Waals surface area contributed by atoms with Gasteiger partial charge < -0.3 is 16.0 Å². The van der Waals surface area contributed by atoms with Gasteiger partial charge in [-0.15, -0.1) is 17.9 Å². The van der Waals surface area contributed by atoms with Crippen LogP contribution in [-0.4, -0.2) is 18.5 Å². The largest absolute Gasteiger partial charge is 0.334 e. The van der Waals surface area contributed by atoms with Crippen molar-refractivity contribution in [2.24, 2.45) is 0 Å². The summed E-state index contributed by atoms with van der Waals surface area (Å²) in [5.41, 5.74) is 1.31. The molecule has 5 nitrogen and oxygen atoms in total. The molecule has 0 atom stereocenters. The molecular formula is C19H17N3O2S. The summed E-state index contributed by atoms with van der Waals surface area (Å²) in [4.78, 5) is 24.6. The SMILES string of the molecule is C=CCNC(=O)Nc1ccc(NC(=O)c2cc3ccccc3s2)cc1. The van der Waals surface area contributed by atoms with E-state index in [-0.39, 0.29) is 11.9 Å². The van der Waals surface area contributed by atoms with Gasteiger partial charge in [0.15, 0.2) is 0 Å². The van der Waals surface area contributed by atoms with Gasteiger partial charge in [0, 0.05) is 22.6 Å². The van der Waals surface area contributed by atoms with E-state index in [2.05, 4.69) is 22.5 Å². The van der Waals surface area contributed by atoms with Crippen LogP contribution in [0.2, 0.25) is 0 Å². The molecule has 1 aromatic heterocycles. The minimum absolute atomic E-state index is 0.148. The number of hydrogen-bond donors (Lipinski definition) is 3. The first kappa shape index (κ1) is 16.7. The molecule has 3 N–H and O–H groups in total. The summed E-state index contributed by atoms with van der Waals surface area (Å²) in [6.07, 6.45) is 1.60. The quantitative estimate of drug-likeness (QED) is 0.594. The molecule has 0 aliphatic carbocycles. The second kappa shape index (κ2) is 7.63. The molecule has 0 bridgehead atoms. The lowest BCUT2D eigenvalue weighted by Crippen LogP contribution is -2.28. The molecule has 126 valence electrons. The normalized spacial score (nSPS) is 10.2. The van der Waals surface area contributed by atoms with Crippen molar-refractivity contribution >= 4 is 44.7 Å². The number of nitrogens with one attached hydrogen (secondary N) is 3. The number of amides is 3. The van der Waals surface area contributed by atoms with Crippen LogP contribution in [0, 0.1) is 0 Å². The summed E-state index contributed by atoms with van der Waals surface area (Å²) in [5.74, 6) is -0.148. The highest BCUT2D eigenvalue weighted by molar-refractivity contribution is 7.20. The monoisotopic (exact) mass is 351 g/mol. The van der Waals surface area contributed by atoms with Crippen LogP contribution in [0.15, 0.2) is 67.3 Å². The van der Waals surface area contributed by atoms with Gasteiger partial charge >= 0.3 is 6.03 Å². The smallest absolute Gasteiger partial charge is 0.319 e. The van der Waals surface area contributed by atoms with Crippen LogP contribution in [0.1, 0.15) is 9.67 Å². The Morgan fingerprint density at radius 3 is 2.36 bits per heavy atom. The van der Waals surface area contributed by atoms with E-state index in [1.807, 2.05) is 30.3 Å². The van der Waals surface area contributed by atoms with Gasteiger partial charge in [-0.2, -0.15) is 0 Å². The van der Waals surface area contributed by atoms with Crippen molar-refractivity contribution in [1.29, 1.82) is 0 Å². The number of anilines is 2. The van der Waals surface area contributed by atoms with Crippen molar-refractivity contribution in [3.63, 3.8) is 0 Å². The lowest BCUT2D eigenvalue weighted by atomic mass is 10.2. The van der Waals surface area contributed by atoms with E-state index in [9.17, 15) is 9.59 Å². The lowest BCUT2D eigenvalue weighted by Gasteiger charge is -2.07. The van der Waals surface area contributed by atoms with Crippen LogP contribution < -0.4 is 16.0 Å². The van der Waals surface area contributed by atoms with Gasteiger partial charge in [-0.25, -0.2) is 4.79 Å². The second-order valence-corrected chi connectivity index (χ2v) is 6.39. The first-order valence-corrected chi connectivity index (χ1v) is 8.53. The highest BCUT2D eigenvalue weighted by Gasteiger charge is 2.10. The second-order valence-electron chi connectivity index (χ2n) is 5.30. The Hall–Kier alpha value is -3.12. The Bertz CT molecular complexity index is 883. The average Bonchev–Trinajstić information content (AvgIpc) is 3.06. The van der Waals surface area contributed by atoms with E-state index < -0.39 is 0 Å². The van der Waals surface area contributed by atoms with Crippen molar-refractivity contribution in [3.8, 4) is 0 Å². The summed E-state index contributed by atoms with van der Waals surface area (Å²) in [5, 5.41) is 9.25. The molecule has 3 rings (SSSR count). The van der Waals surface area contributed by atoms with Gasteiger partial charge in [-0.3, -0.25) is 4.79 Å². The predicted molar refractivity (Wildman–Crippen MR) is 103 cm³/mol. The molecule has 2 aromatic carbocycles. The van der Waals surface area contributed by atoms with Crippen LogP contribution in [0.5, 0.6) is 0 Å². The maximum absolute atomic E-state index is 12.4. The van der Waals surface area contributed by atoms with Gasteiger partial charge in [-0.1, -0.05) is 24.3 Å². The molecule has 3 aromatic rings. The third-order valence-electron chi connectivity index (χ3n) is 3.46. The summed E-state index contributed by atoms with van der Waals surface area (Å²) in [7, 11) is 0. The molecule has 3 amide bonds. The first-order valence-electron chi connectivity index (χ1n) is 7.71. The van der Waals surface area contributed by atoms with Crippen LogP contribution in [-0.2, 0) is 0 Å². The Morgan fingerprint density at radius 1 is 1.00 bits per heavy atom. The molecule has 0 spiro atoms. The Labute approximate surface area is 149 Å². The predicted octanol–water partition coefficient (Wildman–Crippen LogP) is 4.46. The highest BCUT2D eigenvalue weighted by atomic mass is 32.1. The van der Waals surface area contributed by atoms with Crippen molar-refractivity contribution in [2.75, 3.05) is 17.2 Å². The van der Waals surface area contributed by atoms with Crippen LogP contribution in [0.25, 0.3) is 10.1 Å². The molecule has 0 aliphatic rings. The molecule has 1 heterocycles. The molecule has 0 aliphatic heterocycles. The third-order valence-corrected chi connectivity index (χ3v) is 4.57. The van der Waals surface area contributed by atoms with Crippen LogP contribution >= 0.6 is 11.3 Å². The standard InChI is InChI=1S/C19H17N3O2S/c1-2-11-20-19(24)22-15-9-7-14(8-10-15)21-18(23)17-12-13-5-3-4-6-16(13)25-17/h2-10,12H,1,11H2,(H,21,23)(H2,20,22,24). The number of thiophene rings is 1. The summed E-state index contributed by atoms with van der Waals surface area (Å²) in [6, 6.07) is 16.4. The topological polar surface area (TPSA) is 70.2 Å². The van der Waals surface area contributed by atoms with E-state index in [1.165, 1.54) is 11.3 Å². The number of carbonyl (C=O) groups excluding carboxylic acids is 2. The van der Waals surface area contributed by atoms with Crippen molar-refractivity contribution in [1.82, 2.24) is 5.32 Å². The zero-order valence-electron chi connectivity index (χ0n) is 13.4. The maximum Gasteiger partial charge on any atom is 0.319 e. The summed E-state index contributed by atoms with van der Waals surface area (Å²) >= 11 is 1.46. The molecule has 0 saturated carbocycles. The first-order chi connectivity index (χ1) is 12.2. The minimum Gasteiger partial charge on any atom is -0.334 e. The van der Waals surface area contributed by atoms with E-state index in [4.69, 9.17) is 0 Å². The van der Waals surface area contributed by atoms with Gasteiger partial charge in [0.2, 0.25) is 0 Å². The molecule has 0 fully saturated rings. The van der Waals surface area contributed by atoms with Crippen molar-refractivity contribution in [2.45, 2.75) is 0 Å². The van der Waals surface area contributed by atoms with Crippen LogP contribution in [0.3, 0.4) is 0 Å². The summed E-state index contributed by atoms with van der Waals surface area (Å²) in [6.45, 7) is 3.93. The Kier molecular flexibility index (Phi) is 5.11. The Balaban J connectivity index is 1.63. The number of hydrogen-bond acceptors (Lipinski definition) is 3. The van der Waals surface area contributed by atoms with Gasteiger partial charge in [0.05, 0.1) is 4.88 Å². The molecule has 0 radical (unpaired) electrons. The maximum atomic E-state index is 12.4. The van der Waals surface area contributed by atoms with Crippen molar-refractivity contribution in [3.05, 3.63) is 72.1 Å². The highest BCUT2D eigenvalue weighted by Crippen LogP contribution is 2.26. The molecule has 0 unspecified atom stereocenters. The van der Waals surface area contributed by atoms with E-state index in [0.29, 0.717) is 22.8 Å². The Morgan fingerprint density at radius 2 is 1.68 bits per heavy atom. The fourth-order valence-corrected chi connectivity index (χ4v) is 3.22. The molecular weight excluding hydrogens is 334 g/mol. The van der Waals surface area contributed by atoms with Gasteiger partial charge in [0.25, 0.3) is 5.91 Å². The van der Waals surface area contributed by atoms with E-state index in [1.54, 1.807) is 30.3 Å². The fraction of sp³-hybridized carbons (Fsp3) is 0.0526. The van der Waals surface area contributed by atoms with E-state index >= 15 is 0 Å². The van der Waals surface area contributed by atoms with E-state index in [0.717, 1.165) is 10.1 Å². The third kappa shape index (κ3) is 4.24. The molecule has 6 heteroatoms. The van der Waals surface area contributed by atoms with Crippen LogP contribution in [0.4, 0.5) is 16.2 Å². The van der Waals surface area contributed by atoms with Gasteiger partial charge in [-0.05, 0) is 41.8 Å². The average molecular weight is 351 g/mol. The number of carbonyl (C=O) groups is 2. The number of rotatable bonds is 5. The zero-order chi connectivity index (χ0) is 17.6. The number of fused-ring (bicyclic) bond motifs is 1. The minimum atomic E-state index is -0.304. The summed E-state index contributed by atoms with van der Waals surface area (Å²) < 4.78 is 1.08. The number of urea groups is 1. The van der Waals surface area contributed by atoms with Crippen molar-refractivity contribution < 1.29 is 9.59 Å². The molecule has 0 saturated heterocycles. The zero-order valence-corrected chi connectivity index (χ0v) is 14.2. The molecule has 25 heavy (non-hydrogen) atoms.